The Kier molecular flexibility index (Phi) is 5.61. The van der Waals surface area contributed by atoms with Crippen molar-refractivity contribution in [3.05, 3.63) is 66.0 Å². The predicted molar refractivity (Wildman–Crippen MR) is 113 cm³/mol. The van der Waals surface area contributed by atoms with E-state index in [1.165, 1.54) is 17.7 Å². The summed E-state index contributed by atoms with van der Waals surface area (Å²) in [5, 5.41) is 9.98. The van der Waals surface area contributed by atoms with Crippen LogP contribution in [-0.4, -0.2) is 28.1 Å². The lowest BCUT2D eigenvalue weighted by atomic mass is 10.0. The van der Waals surface area contributed by atoms with Gasteiger partial charge in [0.2, 0.25) is 11.8 Å². The molecule has 2 amide bonds. The van der Waals surface area contributed by atoms with E-state index in [1.807, 2.05) is 12.1 Å². The van der Waals surface area contributed by atoms with Crippen molar-refractivity contribution in [3.63, 3.8) is 0 Å². The molecule has 7 heteroatoms. The molecule has 0 aliphatic carbocycles. The predicted octanol–water partition coefficient (Wildman–Crippen LogP) is 3.71. The Bertz CT molecular complexity index is 1090. The molecular formula is C23H23FN4O2. The van der Waals surface area contributed by atoms with Crippen LogP contribution >= 0.6 is 0 Å². The highest BCUT2D eigenvalue weighted by Gasteiger charge is 2.28. The number of nitrogens with zero attached hydrogens (tertiary/aromatic N) is 2. The second-order valence-corrected chi connectivity index (χ2v) is 7.45. The Morgan fingerprint density at radius 2 is 2.07 bits per heavy atom. The van der Waals surface area contributed by atoms with E-state index in [9.17, 15) is 14.0 Å². The van der Waals surface area contributed by atoms with Crippen LogP contribution in [0.3, 0.4) is 0 Å². The van der Waals surface area contributed by atoms with Gasteiger partial charge in [-0.2, -0.15) is 0 Å². The zero-order valence-electron chi connectivity index (χ0n) is 16.7. The van der Waals surface area contributed by atoms with Gasteiger partial charge in [0.05, 0.1) is 17.3 Å². The number of aromatic nitrogens is 2. The first-order valence-corrected chi connectivity index (χ1v) is 10.1. The fraction of sp³-hybridized carbons (Fsp3) is 0.261. The minimum absolute atomic E-state index is 0.131. The van der Waals surface area contributed by atoms with E-state index in [4.69, 9.17) is 0 Å². The van der Waals surface area contributed by atoms with Gasteiger partial charge in [0.1, 0.15) is 5.82 Å². The first-order valence-electron chi connectivity index (χ1n) is 10.1. The first kappa shape index (κ1) is 19.8. The van der Waals surface area contributed by atoms with Crippen LogP contribution in [0, 0.1) is 11.7 Å². The van der Waals surface area contributed by atoms with Crippen molar-refractivity contribution < 1.29 is 14.0 Å². The van der Waals surface area contributed by atoms with Crippen LogP contribution in [-0.2, 0) is 16.0 Å². The molecule has 1 aliphatic rings. The van der Waals surface area contributed by atoms with Crippen LogP contribution in [0.2, 0.25) is 0 Å². The third kappa shape index (κ3) is 4.25. The van der Waals surface area contributed by atoms with Crippen LogP contribution in [0.4, 0.5) is 10.2 Å². The van der Waals surface area contributed by atoms with Gasteiger partial charge in [-0.25, -0.2) is 9.07 Å². The third-order valence-corrected chi connectivity index (χ3v) is 5.12. The van der Waals surface area contributed by atoms with Crippen LogP contribution in [0.15, 0.2) is 54.6 Å². The van der Waals surface area contributed by atoms with Gasteiger partial charge in [-0.1, -0.05) is 37.6 Å². The van der Waals surface area contributed by atoms with Crippen LogP contribution in [0.5, 0.6) is 0 Å². The fourth-order valence-electron chi connectivity index (χ4n) is 3.65. The lowest BCUT2D eigenvalue weighted by Gasteiger charge is -2.09. The molecule has 6 nitrogen and oxygen atoms in total. The summed E-state index contributed by atoms with van der Waals surface area (Å²) in [7, 11) is 0. The van der Waals surface area contributed by atoms with Crippen molar-refractivity contribution >= 4 is 17.6 Å². The normalized spacial score (nSPS) is 15.8. The van der Waals surface area contributed by atoms with Crippen LogP contribution < -0.4 is 10.6 Å². The molecule has 0 radical (unpaired) electrons. The number of hydrogen-bond acceptors (Lipinski definition) is 3. The zero-order chi connectivity index (χ0) is 21.1. The molecule has 2 N–H and O–H groups in total. The Labute approximate surface area is 174 Å². The average molecular weight is 406 g/mol. The summed E-state index contributed by atoms with van der Waals surface area (Å²) >= 11 is 0. The topological polar surface area (TPSA) is 76.0 Å². The number of carbonyl (C=O) groups excluding carboxylic acids is 2. The van der Waals surface area contributed by atoms with E-state index in [0.29, 0.717) is 18.1 Å². The number of halogens is 1. The fourth-order valence-corrected chi connectivity index (χ4v) is 3.65. The maximum absolute atomic E-state index is 13.9. The van der Waals surface area contributed by atoms with E-state index in [2.05, 4.69) is 34.8 Å². The van der Waals surface area contributed by atoms with Gasteiger partial charge in [0.25, 0.3) is 0 Å². The van der Waals surface area contributed by atoms with Gasteiger partial charge in [-0.05, 0) is 36.2 Å². The standard InChI is InChI=1S/C23H23FN4O2/c1-2-5-15-6-3-7-16(10-15)20-13-21(26-23(30)17-11-22(29)25-14-17)27-28(20)19-9-4-8-18(24)12-19/h3-4,6-10,12-13,17H,2,5,11,14H2,1H3,(H,25,29)(H,26,27,30)/t17-/m1/s1. The molecule has 30 heavy (non-hydrogen) atoms. The minimum Gasteiger partial charge on any atom is -0.355 e. The van der Waals surface area contributed by atoms with E-state index in [0.717, 1.165) is 24.1 Å². The highest BCUT2D eigenvalue weighted by Crippen LogP contribution is 2.28. The number of hydrogen-bond donors (Lipinski definition) is 2. The van der Waals surface area contributed by atoms with Crippen molar-refractivity contribution in [2.75, 3.05) is 11.9 Å². The van der Waals surface area contributed by atoms with Crippen molar-refractivity contribution in [2.45, 2.75) is 26.2 Å². The molecule has 1 saturated heterocycles. The smallest absolute Gasteiger partial charge is 0.230 e. The summed E-state index contributed by atoms with van der Waals surface area (Å²) in [5.74, 6) is -0.820. The maximum Gasteiger partial charge on any atom is 0.230 e. The second kappa shape index (κ2) is 8.49. The zero-order valence-corrected chi connectivity index (χ0v) is 16.7. The lowest BCUT2D eigenvalue weighted by Crippen LogP contribution is -2.24. The molecule has 0 saturated carbocycles. The number of aryl methyl sites for hydroxylation is 1. The van der Waals surface area contributed by atoms with Crippen LogP contribution in [0.1, 0.15) is 25.3 Å². The van der Waals surface area contributed by atoms with Crippen molar-refractivity contribution in [3.8, 4) is 16.9 Å². The van der Waals surface area contributed by atoms with E-state index >= 15 is 0 Å². The van der Waals surface area contributed by atoms with Gasteiger partial charge >= 0.3 is 0 Å². The Balaban J connectivity index is 1.71. The van der Waals surface area contributed by atoms with E-state index in [1.54, 1.807) is 22.9 Å². The highest BCUT2D eigenvalue weighted by atomic mass is 19.1. The SMILES string of the molecule is CCCc1cccc(-c2cc(NC(=O)[C@H]3CNC(=O)C3)nn2-c2cccc(F)c2)c1. The quantitative estimate of drug-likeness (QED) is 0.655. The number of carbonyl (C=O) groups is 2. The van der Waals surface area contributed by atoms with Crippen molar-refractivity contribution in [2.24, 2.45) is 5.92 Å². The number of amides is 2. The van der Waals surface area contributed by atoms with Gasteiger partial charge in [0, 0.05) is 24.6 Å². The van der Waals surface area contributed by atoms with E-state index < -0.39 is 5.92 Å². The maximum atomic E-state index is 13.9. The van der Waals surface area contributed by atoms with Gasteiger partial charge in [0.15, 0.2) is 5.82 Å². The molecule has 154 valence electrons. The molecule has 1 aromatic heterocycles. The molecule has 1 aliphatic heterocycles. The van der Waals surface area contributed by atoms with E-state index in [-0.39, 0.29) is 24.1 Å². The summed E-state index contributed by atoms with van der Waals surface area (Å²) in [4.78, 5) is 23.9. The molecular weight excluding hydrogens is 383 g/mol. The Morgan fingerprint density at radius 1 is 1.23 bits per heavy atom. The van der Waals surface area contributed by atoms with Crippen molar-refractivity contribution in [1.82, 2.24) is 15.1 Å². The molecule has 2 heterocycles. The number of benzene rings is 2. The number of nitrogens with one attached hydrogen (secondary N) is 2. The summed E-state index contributed by atoms with van der Waals surface area (Å²) in [6.45, 7) is 2.45. The van der Waals surface area contributed by atoms with Gasteiger partial charge in [-0.3, -0.25) is 9.59 Å². The Morgan fingerprint density at radius 3 is 2.80 bits per heavy atom. The number of rotatable bonds is 6. The van der Waals surface area contributed by atoms with Gasteiger partial charge in [-0.15, -0.1) is 5.10 Å². The summed E-state index contributed by atoms with van der Waals surface area (Å²) in [6, 6.07) is 16.0. The molecule has 0 bridgehead atoms. The molecule has 0 spiro atoms. The second-order valence-electron chi connectivity index (χ2n) is 7.45. The van der Waals surface area contributed by atoms with Crippen molar-refractivity contribution in [1.29, 1.82) is 0 Å². The minimum atomic E-state index is -0.423. The third-order valence-electron chi connectivity index (χ3n) is 5.12. The Hall–Kier alpha value is -3.48. The molecule has 1 atom stereocenters. The van der Waals surface area contributed by atoms with Crippen LogP contribution in [0.25, 0.3) is 16.9 Å². The summed E-state index contributed by atoms with van der Waals surface area (Å²) < 4.78 is 15.5. The monoisotopic (exact) mass is 406 g/mol. The molecule has 2 aromatic carbocycles. The number of anilines is 1. The molecule has 3 aromatic rings. The summed E-state index contributed by atoms with van der Waals surface area (Å²) in [6.07, 6.45) is 2.15. The molecule has 1 fully saturated rings. The average Bonchev–Trinajstić information content (AvgIpc) is 3.35. The largest absolute Gasteiger partial charge is 0.355 e. The molecule has 4 rings (SSSR count). The lowest BCUT2D eigenvalue weighted by molar-refractivity contribution is -0.123. The molecule has 0 unspecified atom stereocenters. The summed E-state index contributed by atoms with van der Waals surface area (Å²) in [5.41, 5.74) is 3.43. The van der Waals surface area contributed by atoms with Gasteiger partial charge < -0.3 is 10.6 Å². The highest BCUT2D eigenvalue weighted by molar-refractivity contribution is 5.97. The first-order chi connectivity index (χ1) is 14.5.